The number of hydrogen-bond donors (Lipinski definition) is 1. The van der Waals surface area contributed by atoms with Crippen LogP contribution in [0, 0.1) is 0 Å². The van der Waals surface area contributed by atoms with E-state index in [1.807, 2.05) is 0 Å². The van der Waals surface area contributed by atoms with Gasteiger partial charge in [0.2, 0.25) is 11.8 Å². The number of methoxy groups -OCH3 is 1. The van der Waals surface area contributed by atoms with Crippen LogP contribution in [0.3, 0.4) is 0 Å². The van der Waals surface area contributed by atoms with E-state index in [1.54, 1.807) is 24.4 Å². The van der Waals surface area contributed by atoms with Crippen molar-refractivity contribution in [2.75, 3.05) is 12.4 Å². The monoisotopic (exact) mass is 378 g/mol. The standard InChI is InChI=1S/C18H14F4N4O/c1-27-15-9-11(5-7-23-15)14-6-8-24-17(26-14)25-13-4-2-3-12(10-13)18(21,22)16(19)20/h2-10,16H,1H3,(H,24,25,26). The van der Waals surface area contributed by atoms with Gasteiger partial charge < -0.3 is 10.1 Å². The van der Waals surface area contributed by atoms with Crippen LogP contribution in [0.1, 0.15) is 5.56 Å². The Bertz CT molecular complexity index is 936. The summed E-state index contributed by atoms with van der Waals surface area (Å²) in [5.74, 6) is -3.71. The summed E-state index contributed by atoms with van der Waals surface area (Å²) in [6, 6.07) is 9.65. The van der Waals surface area contributed by atoms with Crippen molar-refractivity contribution in [2.24, 2.45) is 0 Å². The lowest BCUT2D eigenvalue weighted by atomic mass is 10.1. The second kappa shape index (κ2) is 7.56. The summed E-state index contributed by atoms with van der Waals surface area (Å²) in [5.41, 5.74) is 0.627. The Labute approximate surface area is 152 Å². The number of rotatable bonds is 6. The number of nitrogens with zero attached hydrogens (tertiary/aromatic N) is 3. The summed E-state index contributed by atoms with van der Waals surface area (Å²) in [5, 5.41) is 2.75. The fourth-order valence-electron chi connectivity index (χ4n) is 2.32. The van der Waals surface area contributed by atoms with Crippen molar-refractivity contribution in [3.05, 3.63) is 60.4 Å². The van der Waals surface area contributed by atoms with Gasteiger partial charge in [-0.2, -0.15) is 8.78 Å². The predicted octanol–water partition coefficient (Wildman–Crippen LogP) is 4.65. The molecule has 0 fully saturated rings. The number of hydrogen-bond acceptors (Lipinski definition) is 5. The average Bonchev–Trinajstić information content (AvgIpc) is 2.68. The summed E-state index contributed by atoms with van der Waals surface area (Å²) in [6.07, 6.45) is -0.761. The molecule has 0 saturated heterocycles. The van der Waals surface area contributed by atoms with Gasteiger partial charge in [0.05, 0.1) is 12.8 Å². The number of anilines is 2. The van der Waals surface area contributed by atoms with Crippen molar-refractivity contribution in [3.63, 3.8) is 0 Å². The van der Waals surface area contributed by atoms with E-state index in [-0.39, 0.29) is 11.6 Å². The first-order chi connectivity index (χ1) is 12.9. The highest BCUT2D eigenvalue weighted by Gasteiger charge is 2.42. The van der Waals surface area contributed by atoms with E-state index >= 15 is 0 Å². The number of pyridine rings is 1. The molecule has 1 N–H and O–H groups in total. The van der Waals surface area contributed by atoms with E-state index in [1.165, 1.54) is 25.4 Å². The van der Waals surface area contributed by atoms with Crippen LogP contribution >= 0.6 is 0 Å². The van der Waals surface area contributed by atoms with E-state index in [2.05, 4.69) is 20.3 Å². The summed E-state index contributed by atoms with van der Waals surface area (Å²) >= 11 is 0. The smallest absolute Gasteiger partial charge is 0.332 e. The molecule has 1 aromatic carbocycles. The normalized spacial score (nSPS) is 11.5. The molecule has 0 unspecified atom stereocenters. The first-order valence-corrected chi connectivity index (χ1v) is 7.77. The van der Waals surface area contributed by atoms with Crippen molar-refractivity contribution in [1.29, 1.82) is 0 Å². The van der Waals surface area contributed by atoms with Gasteiger partial charge in [0.15, 0.2) is 0 Å². The topological polar surface area (TPSA) is 59.9 Å². The van der Waals surface area contributed by atoms with Crippen LogP contribution in [0.15, 0.2) is 54.9 Å². The molecule has 3 aromatic rings. The summed E-state index contributed by atoms with van der Waals surface area (Å²) in [7, 11) is 1.49. The Morgan fingerprint density at radius 2 is 1.81 bits per heavy atom. The Morgan fingerprint density at radius 3 is 2.56 bits per heavy atom. The maximum Gasteiger partial charge on any atom is 0.332 e. The molecule has 0 amide bonds. The lowest BCUT2D eigenvalue weighted by Crippen LogP contribution is -2.23. The second-order valence-electron chi connectivity index (χ2n) is 5.48. The molecular weight excluding hydrogens is 364 g/mol. The number of ether oxygens (including phenoxy) is 1. The highest BCUT2D eigenvalue weighted by atomic mass is 19.3. The Morgan fingerprint density at radius 1 is 1.04 bits per heavy atom. The van der Waals surface area contributed by atoms with E-state index < -0.39 is 17.9 Å². The van der Waals surface area contributed by atoms with Gasteiger partial charge in [-0.15, -0.1) is 0 Å². The molecule has 0 saturated carbocycles. The molecule has 5 nitrogen and oxygen atoms in total. The zero-order chi connectivity index (χ0) is 19.4. The lowest BCUT2D eigenvalue weighted by molar-refractivity contribution is -0.135. The van der Waals surface area contributed by atoms with Gasteiger partial charge in [0.25, 0.3) is 0 Å². The molecule has 3 rings (SSSR count). The third kappa shape index (κ3) is 4.13. The zero-order valence-corrected chi connectivity index (χ0v) is 14.0. The quantitative estimate of drug-likeness (QED) is 0.633. The third-order valence-corrected chi connectivity index (χ3v) is 3.67. The Balaban J connectivity index is 1.87. The molecule has 0 aliphatic rings. The SMILES string of the molecule is COc1cc(-c2ccnc(Nc3cccc(C(F)(F)C(F)F)c3)n2)ccn1. The van der Waals surface area contributed by atoms with Crippen molar-refractivity contribution in [2.45, 2.75) is 12.3 Å². The van der Waals surface area contributed by atoms with E-state index in [0.717, 1.165) is 12.1 Å². The predicted molar refractivity (Wildman–Crippen MR) is 91.4 cm³/mol. The molecule has 9 heteroatoms. The van der Waals surface area contributed by atoms with Crippen LogP contribution in [0.2, 0.25) is 0 Å². The number of benzene rings is 1. The Kier molecular flexibility index (Phi) is 5.20. The first kappa shape index (κ1) is 18.6. The second-order valence-corrected chi connectivity index (χ2v) is 5.48. The highest BCUT2D eigenvalue weighted by molar-refractivity contribution is 5.62. The number of aromatic nitrogens is 3. The lowest BCUT2D eigenvalue weighted by Gasteiger charge is -2.16. The van der Waals surface area contributed by atoms with Gasteiger partial charge in [-0.3, -0.25) is 0 Å². The van der Waals surface area contributed by atoms with Crippen LogP contribution in [-0.2, 0) is 5.92 Å². The van der Waals surface area contributed by atoms with Gasteiger partial charge in [-0.25, -0.2) is 23.7 Å². The van der Waals surface area contributed by atoms with Crippen LogP contribution in [0.4, 0.5) is 29.2 Å². The summed E-state index contributed by atoms with van der Waals surface area (Å²) in [4.78, 5) is 12.3. The molecule has 0 atom stereocenters. The number of halogens is 4. The maximum atomic E-state index is 13.5. The third-order valence-electron chi connectivity index (χ3n) is 3.67. The Hall–Kier alpha value is -3.23. The fraction of sp³-hybridized carbons (Fsp3) is 0.167. The molecule has 27 heavy (non-hydrogen) atoms. The number of alkyl halides is 4. The van der Waals surface area contributed by atoms with Gasteiger partial charge >= 0.3 is 12.3 Å². The van der Waals surface area contributed by atoms with Crippen molar-refractivity contribution in [1.82, 2.24) is 15.0 Å². The van der Waals surface area contributed by atoms with E-state index in [9.17, 15) is 17.6 Å². The maximum absolute atomic E-state index is 13.5. The molecule has 2 heterocycles. The van der Waals surface area contributed by atoms with Crippen molar-refractivity contribution < 1.29 is 22.3 Å². The van der Waals surface area contributed by atoms with E-state index in [0.29, 0.717) is 17.1 Å². The van der Waals surface area contributed by atoms with Crippen LogP contribution in [-0.4, -0.2) is 28.5 Å². The summed E-state index contributed by atoms with van der Waals surface area (Å²) in [6.45, 7) is 0. The highest BCUT2D eigenvalue weighted by Crippen LogP contribution is 2.35. The molecular formula is C18H14F4N4O. The van der Waals surface area contributed by atoms with Crippen LogP contribution < -0.4 is 10.1 Å². The minimum Gasteiger partial charge on any atom is -0.481 e. The van der Waals surface area contributed by atoms with Crippen molar-refractivity contribution >= 4 is 11.6 Å². The average molecular weight is 378 g/mol. The largest absolute Gasteiger partial charge is 0.481 e. The van der Waals surface area contributed by atoms with Gasteiger partial charge in [0, 0.05) is 35.3 Å². The van der Waals surface area contributed by atoms with Gasteiger partial charge in [0.1, 0.15) is 0 Å². The number of nitrogens with one attached hydrogen (secondary N) is 1. The van der Waals surface area contributed by atoms with E-state index in [4.69, 9.17) is 4.74 Å². The minimum atomic E-state index is -4.24. The van der Waals surface area contributed by atoms with Gasteiger partial charge in [-0.05, 0) is 24.3 Å². The molecule has 140 valence electrons. The molecule has 0 spiro atoms. The van der Waals surface area contributed by atoms with Crippen LogP contribution in [0.5, 0.6) is 5.88 Å². The minimum absolute atomic E-state index is 0.126. The fourth-order valence-corrected chi connectivity index (χ4v) is 2.32. The molecule has 0 aliphatic heterocycles. The molecule has 0 radical (unpaired) electrons. The van der Waals surface area contributed by atoms with Crippen LogP contribution in [0.25, 0.3) is 11.3 Å². The van der Waals surface area contributed by atoms with Gasteiger partial charge in [-0.1, -0.05) is 12.1 Å². The molecule has 0 bridgehead atoms. The summed E-state index contributed by atoms with van der Waals surface area (Å²) < 4.78 is 57.2. The molecule has 2 aromatic heterocycles. The molecule has 0 aliphatic carbocycles. The van der Waals surface area contributed by atoms with Crippen molar-refractivity contribution in [3.8, 4) is 17.1 Å². The zero-order valence-electron chi connectivity index (χ0n) is 14.0. The first-order valence-electron chi connectivity index (χ1n) is 7.77.